The number of hydrogen-bond donors (Lipinski definition) is 0. The molecule has 12 aromatic rings. The SMILES string of the molecule is CCCCCCC1(C)c2ccccc2-c2ccc(-c3ccc(N(c4ccc(C)cc4C)c4cc5c6ccccc6c(N(c6ccc(-c7ccc8c(c7)C(CCCCCC)(CCCCCC)c7ccccc7-8)cc6)c6ccc(C)cc6C)cc5c5ccccc45)cc3)cc21. The minimum atomic E-state index is -0.0199. The number of aryl methyl sites for hydroxylation is 4. The number of nitrogens with zero attached hydrogens (tertiary/aromatic N) is 2. The largest absolute Gasteiger partial charge is 0.310 e. The van der Waals surface area contributed by atoms with Crippen LogP contribution in [0.25, 0.3) is 76.8 Å². The first kappa shape index (κ1) is 61.5. The normalized spacial score (nSPS) is 14.4. The van der Waals surface area contributed by atoms with Crippen molar-refractivity contribution >= 4 is 66.4 Å². The summed E-state index contributed by atoms with van der Waals surface area (Å²) in [5, 5.41) is 7.32. The molecule has 1 unspecified atom stereocenters. The highest BCUT2D eigenvalue weighted by Crippen LogP contribution is 2.57. The highest BCUT2D eigenvalue weighted by molar-refractivity contribution is 6.24. The summed E-state index contributed by atoms with van der Waals surface area (Å²) < 4.78 is 0. The van der Waals surface area contributed by atoms with E-state index < -0.39 is 0 Å². The molecule has 0 radical (unpaired) electrons. The molecular weight excluding hydrogens is 1120 g/mol. The molecule has 1 atom stereocenters. The third-order valence-electron chi connectivity index (χ3n) is 21.6. The maximum Gasteiger partial charge on any atom is 0.0546 e. The lowest BCUT2D eigenvalue weighted by atomic mass is 9.70. The molecule has 0 bridgehead atoms. The molecule has 0 fully saturated rings. The summed E-state index contributed by atoms with van der Waals surface area (Å²) in [6.45, 7) is 18.4. The number of fused-ring (bicyclic) bond motifs is 11. The standard InChI is InChI=1S/C91H92N2/c1-9-12-15-26-53-90(8)82-35-24-22-31-74(82)76-49-43-68(58-84(76)90)66-39-45-70(46-40-66)92(86-51-37-62(4)56-64(86)6)88-60-80-73-30-19-21-34-79(73)89(61-81(80)72-29-18-20-33-78(72)88)93(87-52-38-63(5)57-65(87)7)71-47-41-67(42-48-71)69-44-50-77-75-32-23-25-36-83(75)91(85(77)59-69,54-27-16-13-10-2)55-28-17-14-11-3/h18-25,29-52,56-61H,9-17,26-28,53-55H2,1-8H3. The van der Waals surface area contributed by atoms with Gasteiger partial charge in [0.2, 0.25) is 0 Å². The Bertz CT molecular complexity index is 4700. The predicted molar refractivity (Wildman–Crippen MR) is 403 cm³/mol. The van der Waals surface area contributed by atoms with Crippen molar-refractivity contribution in [1.29, 1.82) is 0 Å². The third-order valence-corrected chi connectivity index (χ3v) is 21.6. The van der Waals surface area contributed by atoms with Gasteiger partial charge in [-0.1, -0.05) is 286 Å². The molecule has 2 heteroatoms. The molecule has 2 nitrogen and oxygen atoms in total. The highest BCUT2D eigenvalue weighted by atomic mass is 15.2. The van der Waals surface area contributed by atoms with E-state index in [0.717, 1.165) is 29.2 Å². The van der Waals surface area contributed by atoms with Crippen LogP contribution in [0.3, 0.4) is 0 Å². The van der Waals surface area contributed by atoms with Gasteiger partial charge in [0, 0.05) is 44.4 Å². The van der Waals surface area contributed by atoms with Crippen molar-refractivity contribution in [2.75, 3.05) is 9.80 Å². The summed E-state index contributed by atoms with van der Waals surface area (Å²) in [4.78, 5) is 5.07. The Hall–Kier alpha value is -8.98. The first-order valence-electron chi connectivity index (χ1n) is 35.3. The smallest absolute Gasteiger partial charge is 0.0546 e. The topological polar surface area (TPSA) is 6.48 Å². The van der Waals surface area contributed by atoms with Crippen molar-refractivity contribution in [3.8, 4) is 44.5 Å². The molecule has 0 saturated carbocycles. The zero-order valence-electron chi connectivity index (χ0n) is 56.4. The Morgan fingerprint density at radius 2 is 0.667 bits per heavy atom. The van der Waals surface area contributed by atoms with Crippen molar-refractivity contribution in [2.45, 2.75) is 163 Å². The van der Waals surface area contributed by atoms with Crippen molar-refractivity contribution in [3.63, 3.8) is 0 Å². The molecule has 0 N–H and O–H groups in total. The zero-order valence-corrected chi connectivity index (χ0v) is 56.4. The van der Waals surface area contributed by atoms with Crippen molar-refractivity contribution in [1.82, 2.24) is 0 Å². The van der Waals surface area contributed by atoms with Crippen LogP contribution in [-0.4, -0.2) is 0 Å². The van der Waals surface area contributed by atoms with Crippen LogP contribution < -0.4 is 9.80 Å². The molecule has 0 amide bonds. The molecular formula is C91H92N2. The van der Waals surface area contributed by atoms with Gasteiger partial charge in [0.05, 0.1) is 11.4 Å². The fourth-order valence-electron chi connectivity index (χ4n) is 16.8. The molecule has 0 saturated heterocycles. The molecule has 14 rings (SSSR count). The van der Waals surface area contributed by atoms with Crippen LogP contribution in [-0.2, 0) is 10.8 Å². The Morgan fingerprint density at radius 3 is 1.14 bits per heavy atom. The molecule has 12 aromatic carbocycles. The summed E-state index contributed by atoms with van der Waals surface area (Å²) in [7, 11) is 0. The Kier molecular flexibility index (Phi) is 17.3. The number of hydrogen-bond acceptors (Lipinski definition) is 2. The fraction of sp³-hybridized carbons (Fsp3) is 0.275. The maximum atomic E-state index is 2.59. The van der Waals surface area contributed by atoms with Crippen LogP contribution in [0.4, 0.5) is 34.1 Å². The van der Waals surface area contributed by atoms with Crippen LogP contribution >= 0.6 is 0 Å². The summed E-state index contributed by atoms with van der Waals surface area (Å²) in [5.41, 5.74) is 28.7. The average molecular weight is 1210 g/mol. The molecule has 466 valence electrons. The molecule has 0 heterocycles. The van der Waals surface area contributed by atoms with Gasteiger partial charge in [0.25, 0.3) is 0 Å². The molecule has 0 spiro atoms. The lowest BCUT2D eigenvalue weighted by Gasteiger charge is -2.33. The van der Waals surface area contributed by atoms with Crippen LogP contribution in [0.15, 0.2) is 231 Å². The Balaban J connectivity index is 0.876. The van der Waals surface area contributed by atoms with Gasteiger partial charge < -0.3 is 9.80 Å². The van der Waals surface area contributed by atoms with E-state index in [1.807, 2.05) is 0 Å². The highest BCUT2D eigenvalue weighted by Gasteiger charge is 2.43. The number of unbranched alkanes of at least 4 members (excludes halogenated alkanes) is 9. The first-order chi connectivity index (χ1) is 45.5. The van der Waals surface area contributed by atoms with E-state index in [9.17, 15) is 0 Å². The maximum absolute atomic E-state index is 2.59. The second kappa shape index (κ2) is 26.2. The van der Waals surface area contributed by atoms with Gasteiger partial charge in [-0.2, -0.15) is 0 Å². The second-order valence-electron chi connectivity index (χ2n) is 27.8. The minimum absolute atomic E-state index is 0.0199. The fourth-order valence-corrected chi connectivity index (χ4v) is 16.8. The van der Waals surface area contributed by atoms with Gasteiger partial charge >= 0.3 is 0 Å². The van der Waals surface area contributed by atoms with Gasteiger partial charge in [0.15, 0.2) is 0 Å². The van der Waals surface area contributed by atoms with Crippen LogP contribution in [0.2, 0.25) is 0 Å². The summed E-state index contributed by atoms with van der Waals surface area (Å²) in [5.74, 6) is 0. The number of rotatable bonds is 23. The summed E-state index contributed by atoms with van der Waals surface area (Å²) in [6, 6.07) is 89.3. The second-order valence-corrected chi connectivity index (χ2v) is 27.8. The molecule has 93 heavy (non-hydrogen) atoms. The van der Waals surface area contributed by atoms with E-state index in [2.05, 4.69) is 296 Å². The van der Waals surface area contributed by atoms with E-state index in [1.165, 1.54) is 217 Å². The van der Waals surface area contributed by atoms with Gasteiger partial charge in [-0.15, -0.1) is 0 Å². The number of anilines is 6. The molecule has 0 aliphatic heterocycles. The van der Waals surface area contributed by atoms with Gasteiger partial charge in [0.1, 0.15) is 0 Å². The van der Waals surface area contributed by atoms with E-state index >= 15 is 0 Å². The minimum Gasteiger partial charge on any atom is -0.310 e. The monoisotopic (exact) mass is 1210 g/mol. The van der Waals surface area contributed by atoms with Crippen molar-refractivity contribution < 1.29 is 0 Å². The number of benzene rings is 12. The van der Waals surface area contributed by atoms with E-state index in [-0.39, 0.29) is 10.8 Å². The van der Waals surface area contributed by atoms with Crippen molar-refractivity contribution in [3.05, 3.63) is 275 Å². The predicted octanol–water partition coefficient (Wildman–Crippen LogP) is 27.1. The Morgan fingerprint density at radius 1 is 0.280 bits per heavy atom. The lowest BCUT2D eigenvalue weighted by molar-refractivity contribution is 0.401. The summed E-state index contributed by atoms with van der Waals surface area (Å²) >= 11 is 0. The zero-order chi connectivity index (χ0) is 63.8. The van der Waals surface area contributed by atoms with Crippen molar-refractivity contribution in [2.24, 2.45) is 0 Å². The van der Waals surface area contributed by atoms with Crippen LogP contribution in [0.1, 0.15) is 169 Å². The van der Waals surface area contributed by atoms with Gasteiger partial charge in [-0.3, -0.25) is 0 Å². The third kappa shape index (κ3) is 11.3. The van der Waals surface area contributed by atoms with E-state index in [1.54, 1.807) is 5.56 Å². The summed E-state index contributed by atoms with van der Waals surface area (Å²) in [6.07, 6.45) is 18.8. The quantitative estimate of drug-likeness (QED) is 0.0465. The van der Waals surface area contributed by atoms with Gasteiger partial charge in [-0.25, -0.2) is 0 Å². The first-order valence-corrected chi connectivity index (χ1v) is 35.3. The lowest BCUT2D eigenvalue weighted by Crippen LogP contribution is -2.25. The molecule has 2 aliphatic carbocycles. The molecule has 2 aliphatic rings. The van der Waals surface area contributed by atoms with Crippen LogP contribution in [0.5, 0.6) is 0 Å². The Labute approximate surface area is 555 Å². The van der Waals surface area contributed by atoms with E-state index in [4.69, 9.17) is 0 Å². The molecule has 0 aromatic heterocycles. The average Bonchev–Trinajstić information content (AvgIpc) is 1.60. The van der Waals surface area contributed by atoms with E-state index in [0.29, 0.717) is 0 Å². The van der Waals surface area contributed by atoms with Gasteiger partial charge in [-0.05, 0) is 207 Å². The van der Waals surface area contributed by atoms with Crippen LogP contribution in [0, 0.1) is 27.7 Å².